The van der Waals surface area contributed by atoms with Crippen molar-refractivity contribution in [3.63, 3.8) is 0 Å². The molecule has 1 nitrogen and oxygen atoms in total. The second-order valence-electron chi connectivity index (χ2n) is 12.4. The highest BCUT2D eigenvalue weighted by Crippen LogP contribution is 2.63. The van der Waals surface area contributed by atoms with Crippen LogP contribution in [0.25, 0.3) is 54.6 Å². The van der Waals surface area contributed by atoms with Gasteiger partial charge >= 0.3 is 0 Å². The zero-order chi connectivity index (χ0) is 30.8. The smallest absolute Gasteiger partial charge is 0.0726 e. The summed E-state index contributed by atoms with van der Waals surface area (Å²) >= 11 is 0. The third-order valence-corrected chi connectivity index (χ3v) is 10.3. The van der Waals surface area contributed by atoms with Gasteiger partial charge in [-0.25, -0.2) is 0 Å². The zero-order valence-corrected chi connectivity index (χ0v) is 25.8. The van der Waals surface area contributed by atoms with Crippen molar-refractivity contribution in [1.82, 2.24) is 0 Å². The molecule has 0 unspecified atom stereocenters. The molecule has 2 aliphatic carbocycles. The molecule has 0 atom stereocenters. The Hall–Kier alpha value is -5.50. The van der Waals surface area contributed by atoms with E-state index < -0.39 is 0 Å². The molecule has 0 aliphatic heterocycles. The van der Waals surface area contributed by atoms with Crippen LogP contribution in [0.15, 0.2) is 158 Å². The molecule has 0 radical (unpaired) electrons. The van der Waals surface area contributed by atoms with Gasteiger partial charge < -0.3 is 5.73 Å². The van der Waals surface area contributed by atoms with Gasteiger partial charge in [-0.15, -0.1) is 0 Å². The Labute approximate surface area is 269 Å². The Morgan fingerprint density at radius 1 is 0.413 bits per heavy atom. The average molecular weight is 588 g/mol. The Bertz CT molecular complexity index is 2420. The molecule has 1 spiro atoms. The lowest BCUT2D eigenvalue weighted by atomic mass is 9.70. The fourth-order valence-electron chi connectivity index (χ4n) is 8.56. The van der Waals surface area contributed by atoms with Crippen LogP contribution in [0.5, 0.6) is 0 Å². The highest BCUT2D eigenvalue weighted by Gasteiger charge is 2.51. The van der Waals surface area contributed by atoms with Crippen LogP contribution in [-0.4, -0.2) is 7.05 Å². The van der Waals surface area contributed by atoms with Crippen LogP contribution in [0.4, 0.5) is 0 Å². The molecule has 0 bridgehead atoms. The molecular formula is C45H33N. The SMILES string of the molecule is CN.c1ccc(-c2cccc3c2-c2ccccc2C32c3cccc4ccc5cccc2c5c34)c(Cc2ccc3ccccc3c2)c1. The fraction of sp³-hybridized carbons (Fsp3) is 0.0667. The van der Waals surface area contributed by atoms with Crippen molar-refractivity contribution in [3.05, 3.63) is 191 Å². The first-order valence-electron chi connectivity index (χ1n) is 16.1. The molecule has 0 fully saturated rings. The Kier molecular flexibility index (Phi) is 6.00. The van der Waals surface area contributed by atoms with E-state index in [1.807, 2.05) is 0 Å². The van der Waals surface area contributed by atoms with E-state index in [4.69, 9.17) is 0 Å². The minimum Gasteiger partial charge on any atom is -0.333 e. The summed E-state index contributed by atoms with van der Waals surface area (Å²) in [6, 6.07) is 59.2. The van der Waals surface area contributed by atoms with E-state index >= 15 is 0 Å². The van der Waals surface area contributed by atoms with Crippen molar-refractivity contribution < 1.29 is 0 Å². The van der Waals surface area contributed by atoms with Crippen LogP contribution in [0.1, 0.15) is 33.4 Å². The van der Waals surface area contributed by atoms with E-state index in [9.17, 15) is 0 Å². The maximum absolute atomic E-state index is 4.50. The largest absolute Gasteiger partial charge is 0.333 e. The van der Waals surface area contributed by atoms with Crippen LogP contribution >= 0.6 is 0 Å². The molecule has 0 heterocycles. The Balaban J connectivity index is 0.00000143. The highest BCUT2D eigenvalue weighted by atomic mass is 14.5. The fourth-order valence-corrected chi connectivity index (χ4v) is 8.56. The van der Waals surface area contributed by atoms with Crippen LogP contribution in [0.2, 0.25) is 0 Å². The number of benzene rings is 8. The predicted molar refractivity (Wildman–Crippen MR) is 195 cm³/mol. The molecule has 8 aromatic rings. The van der Waals surface area contributed by atoms with Gasteiger partial charge in [0.25, 0.3) is 0 Å². The first-order valence-corrected chi connectivity index (χ1v) is 16.1. The van der Waals surface area contributed by atoms with Gasteiger partial charge in [0, 0.05) is 0 Å². The maximum atomic E-state index is 4.50. The molecule has 2 N–H and O–H groups in total. The number of hydrogen-bond acceptors (Lipinski definition) is 1. The monoisotopic (exact) mass is 587 g/mol. The van der Waals surface area contributed by atoms with E-state index in [-0.39, 0.29) is 5.41 Å². The zero-order valence-electron chi connectivity index (χ0n) is 25.8. The van der Waals surface area contributed by atoms with Gasteiger partial charge in [-0.3, -0.25) is 0 Å². The summed E-state index contributed by atoms with van der Waals surface area (Å²) in [6.45, 7) is 0. The van der Waals surface area contributed by atoms with Crippen molar-refractivity contribution >= 4 is 32.3 Å². The highest BCUT2D eigenvalue weighted by molar-refractivity contribution is 6.17. The molecule has 2 aliphatic rings. The topological polar surface area (TPSA) is 26.0 Å². The standard InChI is InChI=1S/C44H28.CH5N/c1-2-11-32-26-28(22-23-29(32)10-1)27-33-12-3-4-15-34(33)35-17-9-21-40-43(35)36-16-5-6-18-37(36)44(40)38-19-7-13-30-24-25-31-14-8-20-39(44)42(31)41(30)38;1-2/h1-26H,27H2;2H2,1H3. The van der Waals surface area contributed by atoms with E-state index in [1.54, 1.807) is 0 Å². The van der Waals surface area contributed by atoms with Gasteiger partial charge in [0.1, 0.15) is 0 Å². The number of rotatable bonds is 3. The predicted octanol–water partition coefficient (Wildman–Crippen LogP) is 10.7. The van der Waals surface area contributed by atoms with E-state index in [2.05, 4.69) is 163 Å². The lowest BCUT2D eigenvalue weighted by Gasteiger charge is -2.31. The maximum Gasteiger partial charge on any atom is 0.0726 e. The normalized spacial score (nSPS) is 13.3. The molecule has 218 valence electrons. The van der Waals surface area contributed by atoms with Crippen molar-refractivity contribution in [2.75, 3.05) is 7.05 Å². The first kappa shape index (κ1) is 26.9. The molecule has 10 rings (SSSR count). The summed E-state index contributed by atoms with van der Waals surface area (Å²) in [5.41, 5.74) is 17.8. The van der Waals surface area contributed by atoms with Gasteiger partial charge in [-0.1, -0.05) is 158 Å². The van der Waals surface area contributed by atoms with Crippen molar-refractivity contribution in [1.29, 1.82) is 0 Å². The van der Waals surface area contributed by atoms with Crippen molar-refractivity contribution in [2.24, 2.45) is 5.73 Å². The molecular weight excluding hydrogens is 555 g/mol. The summed E-state index contributed by atoms with van der Waals surface area (Å²) in [4.78, 5) is 0. The second-order valence-corrected chi connectivity index (χ2v) is 12.4. The summed E-state index contributed by atoms with van der Waals surface area (Å²) in [5, 5.41) is 8.04. The number of fused-ring (bicyclic) bond motifs is 8. The van der Waals surface area contributed by atoms with Crippen molar-refractivity contribution in [3.8, 4) is 22.3 Å². The minimum absolute atomic E-state index is 0.335. The average Bonchev–Trinajstić information content (AvgIpc) is 3.60. The summed E-state index contributed by atoms with van der Waals surface area (Å²) in [7, 11) is 1.50. The number of nitrogens with two attached hydrogens (primary N) is 1. The van der Waals surface area contributed by atoms with Gasteiger partial charge in [-0.05, 0) is 101 Å². The van der Waals surface area contributed by atoms with E-state index in [0.717, 1.165) is 6.42 Å². The van der Waals surface area contributed by atoms with Crippen LogP contribution < -0.4 is 5.73 Å². The third-order valence-electron chi connectivity index (χ3n) is 10.3. The minimum atomic E-state index is -0.335. The summed E-state index contributed by atoms with van der Waals surface area (Å²) in [5.74, 6) is 0. The number of hydrogen-bond donors (Lipinski definition) is 1. The second kappa shape index (κ2) is 10.3. The molecule has 46 heavy (non-hydrogen) atoms. The van der Waals surface area contributed by atoms with E-state index in [1.165, 1.54) is 95.0 Å². The lowest BCUT2D eigenvalue weighted by molar-refractivity contribution is 0.797. The summed E-state index contributed by atoms with van der Waals surface area (Å²) in [6.07, 6.45) is 0.890. The van der Waals surface area contributed by atoms with Gasteiger partial charge in [0.15, 0.2) is 0 Å². The lowest BCUT2D eigenvalue weighted by Crippen LogP contribution is -2.26. The van der Waals surface area contributed by atoms with Crippen LogP contribution in [0, 0.1) is 0 Å². The van der Waals surface area contributed by atoms with Gasteiger partial charge in [-0.2, -0.15) is 0 Å². The first-order chi connectivity index (χ1) is 22.8. The molecule has 0 saturated heterocycles. The quantitative estimate of drug-likeness (QED) is 0.205. The molecule has 0 amide bonds. The molecule has 0 aromatic heterocycles. The van der Waals surface area contributed by atoms with Crippen LogP contribution in [0.3, 0.4) is 0 Å². The summed E-state index contributed by atoms with van der Waals surface area (Å²) < 4.78 is 0. The third kappa shape index (κ3) is 3.55. The Morgan fingerprint density at radius 2 is 0.935 bits per heavy atom. The molecule has 8 aromatic carbocycles. The van der Waals surface area contributed by atoms with Gasteiger partial charge in [0.05, 0.1) is 5.41 Å². The van der Waals surface area contributed by atoms with Crippen molar-refractivity contribution in [2.45, 2.75) is 11.8 Å². The Morgan fingerprint density at radius 3 is 1.70 bits per heavy atom. The van der Waals surface area contributed by atoms with Crippen LogP contribution in [-0.2, 0) is 11.8 Å². The molecule has 0 saturated carbocycles. The molecule has 1 heteroatoms. The van der Waals surface area contributed by atoms with Gasteiger partial charge in [0.2, 0.25) is 0 Å². The van der Waals surface area contributed by atoms with E-state index in [0.29, 0.717) is 0 Å².